The SMILES string of the molecule is C[C@@H](c1ccncc1)N(C)Cc1ccc(Oc2cnccn2)cc1. The maximum Gasteiger partial charge on any atom is 0.237 e. The molecule has 0 aliphatic carbocycles. The summed E-state index contributed by atoms with van der Waals surface area (Å²) < 4.78 is 5.66. The average molecular weight is 320 g/mol. The second-order valence-electron chi connectivity index (χ2n) is 5.66. The lowest BCUT2D eigenvalue weighted by Crippen LogP contribution is -2.21. The third kappa shape index (κ3) is 4.14. The minimum atomic E-state index is 0.323. The normalized spacial score (nSPS) is 12.1. The molecule has 0 N–H and O–H groups in total. The number of rotatable bonds is 6. The summed E-state index contributed by atoms with van der Waals surface area (Å²) in [6.45, 7) is 3.05. The van der Waals surface area contributed by atoms with Crippen LogP contribution in [0.2, 0.25) is 0 Å². The molecule has 2 aromatic heterocycles. The molecule has 2 heterocycles. The van der Waals surface area contributed by atoms with E-state index in [1.807, 2.05) is 24.5 Å². The molecule has 0 bridgehead atoms. The third-order valence-corrected chi connectivity index (χ3v) is 3.97. The lowest BCUT2D eigenvalue weighted by Gasteiger charge is -2.25. The van der Waals surface area contributed by atoms with Crippen molar-refractivity contribution in [3.05, 3.63) is 78.5 Å². The molecule has 0 aliphatic heterocycles. The number of nitrogens with zero attached hydrogens (tertiary/aromatic N) is 4. The number of hydrogen-bond acceptors (Lipinski definition) is 5. The molecule has 0 saturated carbocycles. The van der Waals surface area contributed by atoms with E-state index in [-0.39, 0.29) is 0 Å². The van der Waals surface area contributed by atoms with Gasteiger partial charge in [0.1, 0.15) is 5.75 Å². The predicted molar refractivity (Wildman–Crippen MR) is 92.7 cm³/mol. The van der Waals surface area contributed by atoms with Gasteiger partial charge in [-0.3, -0.25) is 14.9 Å². The molecule has 1 atom stereocenters. The monoisotopic (exact) mass is 320 g/mol. The topological polar surface area (TPSA) is 51.1 Å². The van der Waals surface area contributed by atoms with Crippen LogP contribution in [0.25, 0.3) is 0 Å². The van der Waals surface area contributed by atoms with Crippen LogP contribution >= 0.6 is 0 Å². The molecule has 3 rings (SSSR count). The van der Waals surface area contributed by atoms with Gasteiger partial charge < -0.3 is 4.74 Å². The van der Waals surface area contributed by atoms with Crippen LogP contribution in [-0.4, -0.2) is 26.9 Å². The molecule has 0 unspecified atom stereocenters. The summed E-state index contributed by atoms with van der Waals surface area (Å²) in [6.07, 6.45) is 8.49. The van der Waals surface area contributed by atoms with E-state index in [0.717, 1.165) is 12.3 Å². The molecule has 0 fully saturated rings. The minimum absolute atomic E-state index is 0.323. The average Bonchev–Trinajstić information content (AvgIpc) is 2.64. The van der Waals surface area contributed by atoms with Gasteiger partial charge in [-0.2, -0.15) is 0 Å². The van der Waals surface area contributed by atoms with Crippen molar-refractivity contribution in [2.75, 3.05) is 7.05 Å². The largest absolute Gasteiger partial charge is 0.438 e. The van der Waals surface area contributed by atoms with Gasteiger partial charge >= 0.3 is 0 Å². The van der Waals surface area contributed by atoms with Crippen LogP contribution in [0.3, 0.4) is 0 Å². The smallest absolute Gasteiger partial charge is 0.237 e. The highest BCUT2D eigenvalue weighted by Gasteiger charge is 2.11. The second kappa shape index (κ2) is 7.66. The van der Waals surface area contributed by atoms with Crippen molar-refractivity contribution in [1.29, 1.82) is 0 Å². The van der Waals surface area contributed by atoms with E-state index < -0.39 is 0 Å². The molecule has 24 heavy (non-hydrogen) atoms. The lowest BCUT2D eigenvalue weighted by atomic mass is 10.1. The Bertz CT molecular complexity index is 747. The van der Waals surface area contributed by atoms with Crippen LogP contribution in [0.5, 0.6) is 11.6 Å². The van der Waals surface area contributed by atoms with Gasteiger partial charge in [0.15, 0.2) is 0 Å². The highest BCUT2D eigenvalue weighted by Crippen LogP contribution is 2.22. The van der Waals surface area contributed by atoms with Crippen molar-refractivity contribution in [2.24, 2.45) is 0 Å². The Morgan fingerprint density at radius 2 is 1.71 bits per heavy atom. The van der Waals surface area contributed by atoms with Crippen LogP contribution < -0.4 is 4.74 Å². The van der Waals surface area contributed by atoms with Gasteiger partial charge in [0.05, 0.1) is 6.20 Å². The van der Waals surface area contributed by atoms with Gasteiger partial charge in [-0.05, 0) is 49.4 Å². The molecule has 5 heteroatoms. The van der Waals surface area contributed by atoms with Crippen molar-refractivity contribution < 1.29 is 4.74 Å². The molecule has 3 aromatic rings. The van der Waals surface area contributed by atoms with Gasteiger partial charge in [-0.25, -0.2) is 4.98 Å². The van der Waals surface area contributed by atoms with Gasteiger partial charge in [0.25, 0.3) is 0 Å². The molecule has 5 nitrogen and oxygen atoms in total. The van der Waals surface area contributed by atoms with Crippen LogP contribution in [0.15, 0.2) is 67.4 Å². The van der Waals surface area contributed by atoms with E-state index in [1.165, 1.54) is 11.1 Å². The van der Waals surface area contributed by atoms with E-state index in [4.69, 9.17) is 4.74 Å². The van der Waals surface area contributed by atoms with Crippen LogP contribution in [0, 0.1) is 0 Å². The van der Waals surface area contributed by atoms with Crippen molar-refractivity contribution in [1.82, 2.24) is 19.9 Å². The molecule has 1 aromatic carbocycles. The molecule has 0 spiro atoms. The first-order chi connectivity index (χ1) is 11.7. The minimum Gasteiger partial charge on any atom is -0.438 e. The Hall–Kier alpha value is -2.79. The van der Waals surface area contributed by atoms with E-state index in [0.29, 0.717) is 11.9 Å². The Kier molecular flexibility index (Phi) is 5.13. The van der Waals surface area contributed by atoms with Gasteiger partial charge in [-0.1, -0.05) is 12.1 Å². The third-order valence-electron chi connectivity index (χ3n) is 3.97. The first-order valence-corrected chi connectivity index (χ1v) is 7.85. The maximum atomic E-state index is 5.66. The summed E-state index contributed by atoms with van der Waals surface area (Å²) in [4.78, 5) is 14.5. The van der Waals surface area contributed by atoms with Gasteiger partial charge in [0, 0.05) is 37.4 Å². The fourth-order valence-corrected chi connectivity index (χ4v) is 2.44. The molecule has 122 valence electrons. The number of ether oxygens (including phenoxy) is 1. The summed E-state index contributed by atoms with van der Waals surface area (Å²) in [6, 6.07) is 12.5. The van der Waals surface area contributed by atoms with E-state index in [2.05, 4.69) is 58.1 Å². The first-order valence-electron chi connectivity index (χ1n) is 7.85. The van der Waals surface area contributed by atoms with Gasteiger partial charge in [-0.15, -0.1) is 0 Å². The van der Waals surface area contributed by atoms with Crippen molar-refractivity contribution in [2.45, 2.75) is 19.5 Å². The first kappa shape index (κ1) is 16.1. The summed E-state index contributed by atoms with van der Waals surface area (Å²) in [5.74, 6) is 1.25. The van der Waals surface area contributed by atoms with Crippen LogP contribution in [-0.2, 0) is 6.54 Å². The number of pyridine rings is 1. The second-order valence-corrected chi connectivity index (χ2v) is 5.66. The maximum absolute atomic E-state index is 5.66. The van der Waals surface area contributed by atoms with E-state index >= 15 is 0 Å². The number of aromatic nitrogens is 3. The Balaban J connectivity index is 1.61. The molecule has 0 radical (unpaired) electrons. The molecule has 0 saturated heterocycles. The highest BCUT2D eigenvalue weighted by molar-refractivity contribution is 5.30. The van der Waals surface area contributed by atoms with Crippen LogP contribution in [0.1, 0.15) is 24.1 Å². The highest BCUT2D eigenvalue weighted by atomic mass is 16.5. The quantitative estimate of drug-likeness (QED) is 0.690. The van der Waals surface area contributed by atoms with E-state index in [9.17, 15) is 0 Å². The molecular formula is C19H20N4O. The Labute approximate surface area is 142 Å². The van der Waals surface area contributed by atoms with Gasteiger partial charge in [0.2, 0.25) is 5.88 Å². The van der Waals surface area contributed by atoms with E-state index in [1.54, 1.807) is 18.6 Å². The molecule has 0 amide bonds. The molecular weight excluding hydrogens is 300 g/mol. The fourth-order valence-electron chi connectivity index (χ4n) is 2.44. The van der Waals surface area contributed by atoms with Crippen molar-refractivity contribution in [3.63, 3.8) is 0 Å². The van der Waals surface area contributed by atoms with Crippen LogP contribution in [0.4, 0.5) is 0 Å². The predicted octanol–water partition coefficient (Wildman–Crippen LogP) is 3.86. The lowest BCUT2D eigenvalue weighted by molar-refractivity contribution is 0.253. The molecule has 0 aliphatic rings. The summed E-state index contributed by atoms with van der Waals surface area (Å²) in [5, 5.41) is 0. The zero-order valence-corrected chi connectivity index (χ0v) is 13.8. The van der Waals surface area contributed by atoms with Crippen molar-refractivity contribution >= 4 is 0 Å². The Morgan fingerprint density at radius 1 is 0.958 bits per heavy atom. The summed E-state index contributed by atoms with van der Waals surface area (Å²) >= 11 is 0. The summed E-state index contributed by atoms with van der Waals surface area (Å²) in [5.41, 5.74) is 2.49. The zero-order valence-electron chi connectivity index (χ0n) is 13.8. The number of benzene rings is 1. The zero-order chi connectivity index (χ0) is 16.8. The fraction of sp³-hybridized carbons (Fsp3) is 0.211. The Morgan fingerprint density at radius 3 is 2.38 bits per heavy atom. The van der Waals surface area contributed by atoms with Crippen molar-refractivity contribution in [3.8, 4) is 11.6 Å². The summed E-state index contributed by atoms with van der Waals surface area (Å²) in [7, 11) is 2.12. The number of hydrogen-bond donors (Lipinski definition) is 0. The standard InChI is InChI=1S/C19H20N4O/c1-15(17-7-9-20-10-8-17)23(2)14-16-3-5-18(6-4-16)24-19-13-21-11-12-22-19/h3-13,15H,14H2,1-2H3/t15-/m0/s1.